The van der Waals surface area contributed by atoms with Gasteiger partial charge in [-0.3, -0.25) is 9.88 Å². The Morgan fingerprint density at radius 3 is 2.17 bits per heavy atom. The molecule has 0 aliphatic carbocycles. The van der Waals surface area contributed by atoms with Crippen LogP contribution in [0.1, 0.15) is 41.7 Å². The molecule has 216 valence electrons. The molecule has 3 rings (SSSR count). The van der Waals surface area contributed by atoms with Crippen molar-refractivity contribution in [2.45, 2.75) is 40.7 Å². The monoisotopic (exact) mass is 571 g/mol. The van der Waals surface area contributed by atoms with Crippen LogP contribution >= 0.6 is 7.60 Å². The highest BCUT2D eigenvalue weighted by Gasteiger charge is 2.25. The summed E-state index contributed by atoms with van der Waals surface area (Å²) in [6.45, 7) is 8.25. The molecule has 9 nitrogen and oxygen atoms in total. The number of methoxy groups -OCH3 is 1. The number of ether oxygens (including phenoxy) is 4. The molecule has 40 heavy (non-hydrogen) atoms. The molecule has 10 heteroatoms. The fourth-order valence-electron chi connectivity index (χ4n) is 4.08. The summed E-state index contributed by atoms with van der Waals surface area (Å²) in [6, 6.07) is 18.9. The van der Waals surface area contributed by atoms with Crippen LogP contribution < -0.4 is 14.8 Å². The number of hydrogen-bond acceptors (Lipinski definition) is 8. The zero-order valence-electron chi connectivity index (χ0n) is 23.7. The van der Waals surface area contributed by atoms with Crippen molar-refractivity contribution in [3.8, 4) is 11.5 Å². The third-order valence-electron chi connectivity index (χ3n) is 5.92. The largest absolute Gasteiger partial charge is 0.481 e. The zero-order chi connectivity index (χ0) is 29.0. The number of carbonyl (C=O) groups excluding carboxylic acids is 1. The summed E-state index contributed by atoms with van der Waals surface area (Å²) in [6.07, 6.45) is -0.147. The zero-order valence-corrected chi connectivity index (χ0v) is 24.6. The van der Waals surface area contributed by atoms with Crippen molar-refractivity contribution in [1.82, 2.24) is 0 Å². The number of aryl methyl sites for hydroxylation is 2. The molecule has 0 spiro atoms. The van der Waals surface area contributed by atoms with Gasteiger partial charge < -0.3 is 28.0 Å². The topological polar surface area (TPSA) is 102 Å². The lowest BCUT2D eigenvalue weighted by Crippen LogP contribution is -2.15. The Kier molecular flexibility index (Phi) is 12.0. The molecule has 3 aromatic carbocycles. The van der Waals surface area contributed by atoms with E-state index in [0.29, 0.717) is 23.6 Å². The van der Waals surface area contributed by atoms with Crippen LogP contribution in [0.4, 0.5) is 10.5 Å². The maximum absolute atomic E-state index is 12.8. The molecule has 0 bridgehead atoms. The minimum Gasteiger partial charge on any atom is -0.481 e. The van der Waals surface area contributed by atoms with Gasteiger partial charge in [0.1, 0.15) is 18.1 Å². The Morgan fingerprint density at radius 2 is 1.55 bits per heavy atom. The van der Waals surface area contributed by atoms with Gasteiger partial charge in [-0.1, -0.05) is 36.4 Å². The number of rotatable bonds is 15. The van der Waals surface area contributed by atoms with Crippen LogP contribution in [-0.4, -0.2) is 39.6 Å². The molecule has 0 saturated heterocycles. The molecule has 0 unspecified atom stereocenters. The van der Waals surface area contributed by atoms with Gasteiger partial charge in [-0.2, -0.15) is 0 Å². The predicted octanol–water partition coefficient (Wildman–Crippen LogP) is 7.23. The fraction of sp³-hybridized carbons (Fsp3) is 0.367. The van der Waals surface area contributed by atoms with Crippen molar-refractivity contribution in [3.63, 3.8) is 0 Å². The highest BCUT2D eigenvalue weighted by atomic mass is 31.2. The van der Waals surface area contributed by atoms with Crippen LogP contribution in [0.5, 0.6) is 11.5 Å². The predicted molar refractivity (Wildman–Crippen MR) is 154 cm³/mol. The van der Waals surface area contributed by atoms with Crippen molar-refractivity contribution >= 4 is 19.4 Å². The summed E-state index contributed by atoms with van der Waals surface area (Å²) in [5, 5.41) is 2.79. The second-order valence-electron chi connectivity index (χ2n) is 9.00. The molecular weight excluding hydrogens is 533 g/mol. The number of anilines is 1. The fourth-order valence-corrected chi connectivity index (χ4v) is 5.40. The van der Waals surface area contributed by atoms with Crippen molar-refractivity contribution in [1.29, 1.82) is 0 Å². The van der Waals surface area contributed by atoms with Crippen LogP contribution in [-0.2, 0) is 36.1 Å². The quantitative estimate of drug-likeness (QED) is 0.151. The Bertz CT molecular complexity index is 1270. The standard InChI is InChI=1S/C30H38NO8P/c1-6-38-40(33,39-7-2)21-37-26-15-22(3)27(23(4)16-26)17-25-13-14-29(36-20-34-5)28(18-25)31-30(32)35-19-24-11-9-8-10-12-24/h8-16,18H,6-7,17,19-21H2,1-5H3,(H,31,32). The van der Waals surface area contributed by atoms with Gasteiger partial charge in [0.05, 0.1) is 18.9 Å². The Balaban J connectivity index is 1.74. The van der Waals surface area contributed by atoms with Crippen LogP contribution in [0.25, 0.3) is 0 Å². The second-order valence-corrected chi connectivity index (χ2v) is 11.0. The van der Waals surface area contributed by atoms with Gasteiger partial charge in [-0.15, -0.1) is 0 Å². The highest BCUT2D eigenvalue weighted by molar-refractivity contribution is 7.53. The molecule has 0 saturated carbocycles. The van der Waals surface area contributed by atoms with Gasteiger partial charge in [-0.25, -0.2) is 4.79 Å². The van der Waals surface area contributed by atoms with Gasteiger partial charge in [0.2, 0.25) is 0 Å². The van der Waals surface area contributed by atoms with E-state index in [2.05, 4.69) is 5.32 Å². The van der Waals surface area contributed by atoms with Gasteiger partial charge in [-0.05, 0) is 86.2 Å². The Labute approximate surface area is 236 Å². The number of benzene rings is 3. The van der Waals surface area contributed by atoms with Gasteiger partial charge >= 0.3 is 13.7 Å². The SMILES string of the molecule is CCOP(=O)(COc1cc(C)c(Cc2ccc(OCOC)c(NC(=O)OCc3ccccc3)c2)c(C)c1)OCC. The third kappa shape index (κ3) is 9.38. The normalized spacial score (nSPS) is 11.2. The summed E-state index contributed by atoms with van der Waals surface area (Å²) in [4.78, 5) is 12.6. The van der Waals surface area contributed by atoms with E-state index in [0.717, 1.165) is 27.8 Å². The number of nitrogens with one attached hydrogen (secondary N) is 1. The first-order valence-corrected chi connectivity index (χ1v) is 14.8. The molecule has 3 aromatic rings. The first-order chi connectivity index (χ1) is 19.3. The summed E-state index contributed by atoms with van der Waals surface area (Å²) in [5.74, 6) is 1.05. The Hall–Kier alpha value is -3.36. The lowest BCUT2D eigenvalue weighted by molar-refractivity contribution is 0.0515. The first-order valence-electron chi connectivity index (χ1n) is 13.1. The molecular formula is C30H38NO8P. The molecule has 0 heterocycles. The van der Waals surface area contributed by atoms with Gasteiger partial charge in [0.15, 0.2) is 13.1 Å². The third-order valence-corrected chi connectivity index (χ3v) is 7.67. The molecule has 0 radical (unpaired) electrons. The average Bonchev–Trinajstić information content (AvgIpc) is 2.93. The molecule has 0 fully saturated rings. The van der Waals surface area contributed by atoms with E-state index in [1.54, 1.807) is 19.9 Å². The lowest BCUT2D eigenvalue weighted by Gasteiger charge is -2.19. The van der Waals surface area contributed by atoms with Crippen LogP contribution in [0.15, 0.2) is 60.7 Å². The summed E-state index contributed by atoms with van der Waals surface area (Å²) < 4.78 is 45.3. The van der Waals surface area contributed by atoms with Crippen molar-refractivity contribution in [3.05, 3.63) is 88.5 Å². The summed E-state index contributed by atoms with van der Waals surface area (Å²) >= 11 is 0. The van der Waals surface area contributed by atoms with Crippen LogP contribution in [0.2, 0.25) is 0 Å². The number of amides is 1. The highest BCUT2D eigenvalue weighted by Crippen LogP contribution is 2.48. The smallest absolute Gasteiger partial charge is 0.412 e. The van der Waals surface area contributed by atoms with Crippen LogP contribution in [0.3, 0.4) is 0 Å². The molecule has 0 atom stereocenters. The molecule has 0 aromatic heterocycles. The van der Waals surface area contributed by atoms with E-state index in [-0.39, 0.29) is 33.0 Å². The molecule has 1 N–H and O–H groups in total. The minimum absolute atomic E-state index is 0.0340. The Morgan fingerprint density at radius 1 is 0.875 bits per heavy atom. The minimum atomic E-state index is -3.32. The second kappa shape index (κ2) is 15.4. The average molecular weight is 572 g/mol. The maximum atomic E-state index is 12.8. The number of carbonyl (C=O) groups is 1. The van der Waals surface area contributed by atoms with Crippen molar-refractivity contribution in [2.75, 3.05) is 38.8 Å². The lowest BCUT2D eigenvalue weighted by atomic mass is 9.95. The van der Waals surface area contributed by atoms with E-state index in [1.807, 2.05) is 68.4 Å². The summed E-state index contributed by atoms with van der Waals surface area (Å²) in [7, 11) is -1.79. The van der Waals surface area contributed by atoms with Gasteiger partial charge in [0.25, 0.3) is 0 Å². The summed E-state index contributed by atoms with van der Waals surface area (Å²) in [5.41, 5.74) is 5.45. The van der Waals surface area contributed by atoms with E-state index in [4.69, 9.17) is 28.0 Å². The van der Waals surface area contributed by atoms with E-state index < -0.39 is 13.7 Å². The van der Waals surface area contributed by atoms with E-state index in [9.17, 15) is 9.36 Å². The number of hydrogen-bond donors (Lipinski definition) is 1. The van der Waals surface area contributed by atoms with Gasteiger partial charge in [0, 0.05) is 7.11 Å². The maximum Gasteiger partial charge on any atom is 0.412 e. The van der Waals surface area contributed by atoms with Crippen molar-refractivity contribution in [2.24, 2.45) is 0 Å². The van der Waals surface area contributed by atoms with E-state index in [1.165, 1.54) is 7.11 Å². The van der Waals surface area contributed by atoms with E-state index >= 15 is 0 Å². The van der Waals surface area contributed by atoms with Crippen LogP contribution in [0, 0.1) is 13.8 Å². The first kappa shape index (κ1) is 31.2. The molecule has 0 aliphatic heterocycles. The molecule has 1 amide bonds. The molecule has 0 aliphatic rings. The van der Waals surface area contributed by atoms with Crippen molar-refractivity contribution < 1.29 is 37.4 Å².